The van der Waals surface area contributed by atoms with Crippen molar-refractivity contribution >= 4 is 24.2 Å². The van der Waals surface area contributed by atoms with Crippen LogP contribution < -0.4 is 0 Å². The molecule has 0 aromatic carbocycles. The molecule has 0 radical (unpaired) electrons. The molecule has 3 nitrogen and oxygen atoms in total. The minimum Gasteiger partial charge on any atom is -0.481 e. The molecular weight excluding hydrogens is 169 g/mol. The number of Topliss-reactive ketones (excluding diaryl/α,β-unsaturated/α-hetero) is 1. The van der Waals surface area contributed by atoms with Crippen LogP contribution in [0, 0.1) is 0 Å². The molecule has 0 amide bonds. The van der Waals surface area contributed by atoms with Gasteiger partial charge in [-0.15, -0.1) is 12.4 Å². The van der Waals surface area contributed by atoms with Crippen molar-refractivity contribution in [3.8, 4) is 0 Å². The number of aliphatic carboxylic acids is 1. The maximum absolute atomic E-state index is 11.2. The third-order valence-corrected chi connectivity index (χ3v) is 0.569. The highest BCUT2D eigenvalue weighted by atomic mass is 35.5. The molecule has 0 saturated heterocycles. The van der Waals surface area contributed by atoms with Gasteiger partial charge in [-0.25, -0.2) is 8.78 Å². The molecule has 0 saturated carbocycles. The van der Waals surface area contributed by atoms with Gasteiger partial charge in [0.25, 0.3) is 6.43 Å². The Hall–Kier alpha value is -0.710. The van der Waals surface area contributed by atoms with E-state index in [4.69, 9.17) is 5.11 Å². The fourth-order valence-electron chi connectivity index (χ4n) is 0.226. The number of carbonyl (C=O) groups is 2. The van der Waals surface area contributed by atoms with Crippen LogP contribution in [0.1, 0.15) is 6.42 Å². The first-order valence-electron chi connectivity index (χ1n) is 2.06. The number of halogens is 3. The molecule has 0 bridgehead atoms. The molecule has 10 heavy (non-hydrogen) atoms. The van der Waals surface area contributed by atoms with E-state index in [1.54, 1.807) is 0 Å². The highest BCUT2D eigenvalue weighted by Crippen LogP contribution is 1.97. The van der Waals surface area contributed by atoms with Crippen LogP contribution in [0.2, 0.25) is 0 Å². The van der Waals surface area contributed by atoms with Crippen LogP contribution in [0.25, 0.3) is 0 Å². The quantitative estimate of drug-likeness (QED) is 0.642. The molecule has 0 heterocycles. The van der Waals surface area contributed by atoms with E-state index in [1.165, 1.54) is 0 Å². The smallest absolute Gasteiger partial charge is 0.311 e. The van der Waals surface area contributed by atoms with Crippen LogP contribution in [-0.4, -0.2) is 23.3 Å². The lowest BCUT2D eigenvalue weighted by atomic mass is 10.3. The number of hydrogen-bond donors (Lipinski definition) is 1. The predicted octanol–water partition coefficient (Wildman–Crippen LogP) is 0.717. The normalized spacial score (nSPS) is 8.70. The number of ketones is 1. The number of hydrogen-bond acceptors (Lipinski definition) is 2. The van der Waals surface area contributed by atoms with Crippen molar-refractivity contribution < 1.29 is 23.5 Å². The fraction of sp³-hybridized carbons (Fsp3) is 0.500. The molecule has 0 aromatic heterocycles. The zero-order chi connectivity index (χ0) is 7.44. The second-order valence-electron chi connectivity index (χ2n) is 1.34. The summed E-state index contributed by atoms with van der Waals surface area (Å²) < 4.78 is 22.4. The van der Waals surface area contributed by atoms with E-state index in [1.807, 2.05) is 0 Å². The summed E-state index contributed by atoms with van der Waals surface area (Å²) in [6.45, 7) is 0. The summed E-state index contributed by atoms with van der Waals surface area (Å²) in [5.74, 6) is -3.08. The van der Waals surface area contributed by atoms with Crippen LogP contribution in [0.3, 0.4) is 0 Å². The monoisotopic (exact) mass is 174 g/mol. The minimum atomic E-state index is -3.17. The van der Waals surface area contributed by atoms with Crippen LogP contribution in [-0.2, 0) is 9.59 Å². The maximum Gasteiger partial charge on any atom is 0.311 e. The molecule has 60 valence electrons. The summed E-state index contributed by atoms with van der Waals surface area (Å²) in [7, 11) is 0. The lowest BCUT2D eigenvalue weighted by Crippen LogP contribution is -2.14. The van der Waals surface area contributed by atoms with Gasteiger partial charge >= 0.3 is 5.97 Å². The second-order valence-corrected chi connectivity index (χ2v) is 1.34. The van der Waals surface area contributed by atoms with E-state index in [0.29, 0.717) is 0 Å². The molecule has 0 unspecified atom stereocenters. The van der Waals surface area contributed by atoms with Crippen molar-refractivity contribution in [2.45, 2.75) is 12.8 Å². The van der Waals surface area contributed by atoms with E-state index in [-0.39, 0.29) is 12.4 Å². The van der Waals surface area contributed by atoms with Crippen molar-refractivity contribution in [2.75, 3.05) is 0 Å². The lowest BCUT2D eigenvalue weighted by molar-refractivity contribution is -0.143. The summed E-state index contributed by atoms with van der Waals surface area (Å²) in [5.41, 5.74) is 0. The van der Waals surface area contributed by atoms with E-state index in [0.717, 1.165) is 0 Å². The Bertz CT molecular complexity index is 136. The highest BCUT2D eigenvalue weighted by Gasteiger charge is 2.17. The largest absolute Gasteiger partial charge is 0.481 e. The summed E-state index contributed by atoms with van der Waals surface area (Å²) >= 11 is 0. The van der Waals surface area contributed by atoms with E-state index < -0.39 is 24.6 Å². The van der Waals surface area contributed by atoms with Gasteiger partial charge in [0.15, 0.2) is 0 Å². The summed E-state index contributed by atoms with van der Waals surface area (Å²) in [5, 5.41) is 7.78. The van der Waals surface area contributed by atoms with E-state index in [2.05, 4.69) is 0 Å². The van der Waals surface area contributed by atoms with Crippen molar-refractivity contribution in [1.82, 2.24) is 0 Å². The Morgan fingerprint density at radius 2 is 1.80 bits per heavy atom. The van der Waals surface area contributed by atoms with Gasteiger partial charge in [-0.2, -0.15) is 0 Å². The summed E-state index contributed by atoms with van der Waals surface area (Å²) in [6, 6.07) is 0. The Morgan fingerprint density at radius 3 is 1.90 bits per heavy atom. The molecular formula is C4H5ClF2O3. The first kappa shape index (κ1) is 12.0. The number of carboxylic acid groups (broad SMARTS) is 1. The number of carbonyl (C=O) groups excluding carboxylic acids is 1. The molecule has 6 heteroatoms. The number of alkyl halides is 2. The van der Waals surface area contributed by atoms with Gasteiger partial charge in [0.05, 0.1) is 0 Å². The zero-order valence-electron chi connectivity index (χ0n) is 4.71. The van der Waals surface area contributed by atoms with Crippen LogP contribution in [0.15, 0.2) is 0 Å². The van der Waals surface area contributed by atoms with Crippen molar-refractivity contribution in [3.63, 3.8) is 0 Å². The molecule has 0 aliphatic carbocycles. The molecule has 0 fully saturated rings. The van der Waals surface area contributed by atoms with Gasteiger partial charge in [0.2, 0.25) is 5.78 Å². The maximum atomic E-state index is 11.2. The van der Waals surface area contributed by atoms with Crippen LogP contribution in [0.4, 0.5) is 8.78 Å². The van der Waals surface area contributed by atoms with Gasteiger partial charge < -0.3 is 5.11 Å². The fourth-order valence-corrected chi connectivity index (χ4v) is 0.226. The third-order valence-electron chi connectivity index (χ3n) is 0.569. The van der Waals surface area contributed by atoms with Gasteiger partial charge in [-0.1, -0.05) is 0 Å². The SMILES string of the molecule is Cl.O=C(O)CC(=O)C(F)F. The van der Waals surface area contributed by atoms with Gasteiger partial charge in [-0.05, 0) is 0 Å². The molecule has 0 aromatic rings. The summed E-state index contributed by atoms with van der Waals surface area (Å²) in [4.78, 5) is 19.4. The van der Waals surface area contributed by atoms with Gasteiger partial charge in [0, 0.05) is 0 Å². The third kappa shape index (κ3) is 5.43. The van der Waals surface area contributed by atoms with Crippen molar-refractivity contribution in [2.24, 2.45) is 0 Å². The Morgan fingerprint density at radius 1 is 1.40 bits per heavy atom. The van der Waals surface area contributed by atoms with Crippen LogP contribution >= 0.6 is 12.4 Å². The lowest BCUT2D eigenvalue weighted by Gasteiger charge is -1.91. The van der Waals surface area contributed by atoms with Crippen molar-refractivity contribution in [1.29, 1.82) is 0 Å². The molecule has 0 rings (SSSR count). The first-order valence-corrected chi connectivity index (χ1v) is 2.06. The molecule has 0 aliphatic heterocycles. The second kappa shape index (κ2) is 5.10. The van der Waals surface area contributed by atoms with Gasteiger partial charge in [0.1, 0.15) is 6.42 Å². The first-order chi connectivity index (χ1) is 4.04. The highest BCUT2D eigenvalue weighted by molar-refractivity contribution is 5.96. The average Bonchev–Trinajstić information content (AvgIpc) is 1.63. The topological polar surface area (TPSA) is 54.4 Å². The molecule has 1 N–H and O–H groups in total. The van der Waals surface area contributed by atoms with E-state index in [9.17, 15) is 18.4 Å². The average molecular weight is 175 g/mol. The van der Waals surface area contributed by atoms with E-state index >= 15 is 0 Å². The van der Waals surface area contributed by atoms with Crippen molar-refractivity contribution in [3.05, 3.63) is 0 Å². The molecule has 0 spiro atoms. The number of rotatable bonds is 3. The zero-order valence-corrected chi connectivity index (χ0v) is 5.53. The summed E-state index contributed by atoms with van der Waals surface area (Å²) in [6.07, 6.45) is -4.27. The molecule has 0 aliphatic rings. The Kier molecular flexibility index (Phi) is 6.13. The number of carboxylic acids is 1. The van der Waals surface area contributed by atoms with Gasteiger partial charge in [-0.3, -0.25) is 9.59 Å². The minimum absolute atomic E-state index is 0. The molecule has 0 atom stereocenters. The standard InChI is InChI=1S/C4H4F2O3.ClH/c5-4(6)2(7)1-3(8)9;/h4H,1H2,(H,8,9);1H. The van der Waals surface area contributed by atoms with Crippen LogP contribution in [0.5, 0.6) is 0 Å². The predicted molar refractivity (Wildman–Crippen MR) is 30.5 cm³/mol. The Balaban J connectivity index is 0. The Labute approximate surface area is 61.4 Å².